The predicted octanol–water partition coefficient (Wildman–Crippen LogP) is 2.02. The summed E-state index contributed by atoms with van der Waals surface area (Å²) in [6.45, 7) is 1.36. The maximum Gasteiger partial charge on any atom is 0.391 e. The Morgan fingerprint density at radius 2 is 2.08 bits per heavy atom. The van der Waals surface area contributed by atoms with Crippen LogP contribution in [0, 0.1) is 0 Å². The van der Waals surface area contributed by atoms with Gasteiger partial charge < -0.3 is 10.5 Å². The van der Waals surface area contributed by atoms with Crippen molar-refractivity contribution in [2.45, 2.75) is 32.0 Å². The van der Waals surface area contributed by atoms with Gasteiger partial charge in [-0.3, -0.25) is 0 Å². The quantitative estimate of drug-likeness (QED) is 0.712. The molecule has 6 heteroatoms. The van der Waals surface area contributed by atoms with E-state index in [2.05, 4.69) is 12.2 Å². The normalized spacial score (nSPS) is 14.2. The molecular formula is C7H12F3NOS. The SMILES string of the molecule is CCC(OCCC(F)(F)F)C(N)=S. The lowest BCUT2D eigenvalue weighted by atomic mass is 10.3. The van der Waals surface area contributed by atoms with Crippen LogP contribution in [0.2, 0.25) is 0 Å². The number of hydrogen-bond donors (Lipinski definition) is 1. The molecule has 0 fully saturated rings. The molecule has 0 aliphatic rings. The van der Waals surface area contributed by atoms with Gasteiger partial charge in [-0.25, -0.2) is 0 Å². The van der Waals surface area contributed by atoms with E-state index in [0.29, 0.717) is 6.42 Å². The second-order valence-electron chi connectivity index (χ2n) is 2.54. The molecule has 78 valence electrons. The van der Waals surface area contributed by atoms with Crippen LogP contribution in [0.4, 0.5) is 13.2 Å². The smallest absolute Gasteiger partial charge is 0.391 e. The Kier molecular flexibility index (Phi) is 5.24. The average Bonchev–Trinajstić information content (AvgIpc) is 1.95. The molecule has 2 nitrogen and oxygen atoms in total. The molecule has 0 saturated heterocycles. The van der Waals surface area contributed by atoms with Gasteiger partial charge in [0.2, 0.25) is 0 Å². The molecule has 0 heterocycles. The van der Waals surface area contributed by atoms with Crippen molar-refractivity contribution in [3.8, 4) is 0 Å². The fraction of sp³-hybridized carbons (Fsp3) is 0.857. The van der Waals surface area contributed by atoms with Crippen LogP contribution < -0.4 is 5.73 Å². The van der Waals surface area contributed by atoms with Gasteiger partial charge in [-0.2, -0.15) is 13.2 Å². The molecule has 1 atom stereocenters. The summed E-state index contributed by atoms with van der Waals surface area (Å²) in [5, 5.41) is 0. The van der Waals surface area contributed by atoms with E-state index in [0.717, 1.165) is 0 Å². The Balaban J connectivity index is 3.68. The summed E-state index contributed by atoms with van der Waals surface area (Å²) in [6, 6.07) is 0. The van der Waals surface area contributed by atoms with E-state index >= 15 is 0 Å². The fourth-order valence-corrected chi connectivity index (χ4v) is 0.953. The van der Waals surface area contributed by atoms with E-state index < -0.39 is 18.7 Å². The molecule has 0 amide bonds. The summed E-state index contributed by atoms with van der Waals surface area (Å²) in [4.78, 5) is 0.102. The van der Waals surface area contributed by atoms with Gasteiger partial charge in [-0.15, -0.1) is 0 Å². The number of hydrogen-bond acceptors (Lipinski definition) is 2. The maximum atomic E-state index is 11.7. The van der Waals surface area contributed by atoms with Crippen LogP contribution in [0.1, 0.15) is 19.8 Å². The standard InChI is InChI=1S/C7H12F3NOS/c1-2-5(6(11)13)12-4-3-7(8,9)10/h5H,2-4H2,1H3,(H2,11,13). The minimum atomic E-state index is -4.19. The molecule has 0 saturated carbocycles. The van der Waals surface area contributed by atoms with Crippen LogP contribution in [0.3, 0.4) is 0 Å². The second kappa shape index (κ2) is 5.39. The largest absolute Gasteiger partial charge is 0.391 e. The Labute approximate surface area is 80.2 Å². The Hall–Kier alpha value is -0.360. The van der Waals surface area contributed by atoms with Gasteiger partial charge >= 0.3 is 6.18 Å². The van der Waals surface area contributed by atoms with Crippen LogP contribution in [-0.2, 0) is 4.74 Å². The lowest BCUT2D eigenvalue weighted by Crippen LogP contribution is -2.30. The van der Waals surface area contributed by atoms with E-state index in [-0.39, 0.29) is 11.6 Å². The van der Waals surface area contributed by atoms with Crippen LogP contribution in [0.5, 0.6) is 0 Å². The number of ether oxygens (including phenoxy) is 1. The highest BCUT2D eigenvalue weighted by Crippen LogP contribution is 2.19. The topological polar surface area (TPSA) is 35.2 Å². The summed E-state index contributed by atoms with van der Waals surface area (Å²) < 4.78 is 39.8. The number of thiocarbonyl (C=S) groups is 1. The van der Waals surface area contributed by atoms with Crippen molar-refractivity contribution < 1.29 is 17.9 Å². The molecule has 0 aromatic carbocycles. The fourth-order valence-electron chi connectivity index (χ4n) is 0.718. The Morgan fingerprint density at radius 3 is 2.38 bits per heavy atom. The lowest BCUT2D eigenvalue weighted by Gasteiger charge is -2.14. The maximum absolute atomic E-state index is 11.7. The Morgan fingerprint density at radius 1 is 1.54 bits per heavy atom. The van der Waals surface area contributed by atoms with E-state index in [1.165, 1.54) is 0 Å². The second-order valence-corrected chi connectivity index (χ2v) is 3.01. The van der Waals surface area contributed by atoms with Gasteiger partial charge in [0, 0.05) is 0 Å². The van der Waals surface area contributed by atoms with Gasteiger partial charge in [0.05, 0.1) is 13.0 Å². The number of alkyl halides is 3. The van der Waals surface area contributed by atoms with Crippen LogP contribution in [0.15, 0.2) is 0 Å². The predicted molar refractivity (Wildman–Crippen MR) is 47.5 cm³/mol. The summed E-state index contributed by atoms with van der Waals surface area (Å²) >= 11 is 4.59. The Bertz CT molecular complexity index is 172. The molecule has 0 rings (SSSR count). The summed E-state index contributed by atoms with van der Waals surface area (Å²) in [6.07, 6.45) is -5.20. The minimum absolute atomic E-state index is 0.102. The zero-order chi connectivity index (χ0) is 10.5. The van der Waals surface area contributed by atoms with Gasteiger partial charge in [-0.1, -0.05) is 19.1 Å². The molecular weight excluding hydrogens is 203 g/mol. The summed E-state index contributed by atoms with van der Waals surface area (Å²) in [5.74, 6) is 0. The van der Waals surface area contributed by atoms with Gasteiger partial charge in [0.25, 0.3) is 0 Å². The first-order chi connectivity index (χ1) is 5.87. The molecule has 0 aromatic rings. The van der Waals surface area contributed by atoms with E-state index in [9.17, 15) is 13.2 Å². The summed E-state index contributed by atoms with van der Waals surface area (Å²) in [7, 11) is 0. The third-order valence-electron chi connectivity index (χ3n) is 1.39. The average molecular weight is 215 g/mol. The van der Waals surface area contributed by atoms with Gasteiger partial charge in [0.1, 0.15) is 11.1 Å². The monoisotopic (exact) mass is 215 g/mol. The molecule has 0 aromatic heterocycles. The summed E-state index contributed by atoms with van der Waals surface area (Å²) in [5.41, 5.74) is 5.22. The van der Waals surface area contributed by atoms with E-state index in [4.69, 9.17) is 10.5 Å². The molecule has 0 spiro atoms. The zero-order valence-electron chi connectivity index (χ0n) is 7.23. The van der Waals surface area contributed by atoms with E-state index in [1.807, 2.05) is 0 Å². The third-order valence-corrected chi connectivity index (χ3v) is 1.66. The molecule has 0 aliphatic heterocycles. The highest BCUT2D eigenvalue weighted by molar-refractivity contribution is 7.80. The molecule has 0 radical (unpaired) electrons. The molecule has 13 heavy (non-hydrogen) atoms. The first-order valence-electron chi connectivity index (χ1n) is 3.84. The highest BCUT2D eigenvalue weighted by Gasteiger charge is 2.27. The molecule has 0 bridgehead atoms. The third kappa shape index (κ3) is 6.77. The van der Waals surface area contributed by atoms with Crippen LogP contribution >= 0.6 is 12.2 Å². The first kappa shape index (κ1) is 12.6. The highest BCUT2D eigenvalue weighted by atomic mass is 32.1. The first-order valence-corrected chi connectivity index (χ1v) is 4.25. The van der Waals surface area contributed by atoms with Crippen molar-refractivity contribution in [2.75, 3.05) is 6.61 Å². The molecule has 1 unspecified atom stereocenters. The molecule has 2 N–H and O–H groups in total. The van der Waals surface area contributed by atoms with E-state index in [1.54, 1.807) is 6.92 Å². The van der Waals surface area contributed by atoms with Crippen molar-refractivity contribution in [3.63, 3.8) is 0 Å². The lowest BCUT2D eigenvalue weighted by molar-refractivity contribution is -0.146. The van der Waals surface area contributed by atoms with Crippen LogP contribution in [-0.4, -0.2) is 23.9 Å². The molecule has 0 aliphatic carbocycles. The van der Waals surface area contributed by atoms with Gasteiger partial charge in [0.15, 0.2) is 0 Å². The number of halogens is 3. The van der Waals surface area contributed by atoms with Crippen molar-refractivity contribution in [1.29, 1.82) is 0 Å². The van der Waals surface area contributed by atoms with Crippen molar-refractivity contribution in [2.24, 2.45) is 5.73 Å². The van der Waals surface area contributed by atoms with Crippen LogP contribution in [0.25, 0.3) is 0 Å². The zero-order valence-corrected chi connectivity index (χ0v) is 8.04. The van der Waals surface area contributed by atoms with Crippen molar-refractivity contribution >= 4 is 17.2 Å². The van der Waals surface area contributed by atoms with Crippen molar-refractivity contribution in [1.82, 2.24) is 0 Å². The number of rotatable bonds is 5. The number of nitrogens with two attached hydrogens (primary N) is 1. The van der Waals surface area contributed by atoms with Gasteiger partial charge in [-0.05, 0) is 6.42 Å². The van der Waals surface area contributed by atoms with Crippen molar-refractivity contribution in [3.05, 3.63) is 0 Å². The minimum Gasteiger partial charge on any atom is -0.391 e.